The third-order valence-electron chi connectivity index (χ3n) is 5.00. The number of aliphatic hydroxyl groups excluding tert-OH is 1. The number of hydrogen-bond donors (Lipinski definition) is 2. The highest BCUT2D eigenvalue weighted by Crippen LogP contribution is 2.29. The smallest absolute Gasteiger partial charge is 0.346 e. The molecule has 1 amide bonds. The molecule has 0 fully saturated rings. The fourth-order valence-electron chi connectivity index (χ4n) is 3.59. The average Bonchev–Trinajstić information content (AvgIpc) is 3.32. The molecule has 2 aromatic heterocycles. The highest BCUT2D eigenvalue weighted by atomic mass is 35.5. The summed E-state index contributed by atoms with van der Waals surface area (Å²) < 4.78 is 3.03. The number of aliphatic hydroxyl groups is 1. The van der Waals surface area contributed by atoms with Crippen LogP contribution in [0.4, 0.5) is 0 Å². The number of amides is 1. The Balaban J connectivity index is 1.56. The minimum Gasteiger partial charge on any atom is -0.395 e. The summed E-state index contributed by atoms with van der Waals surface area (Å²) >= 11 is 7.29. The largest absolute Gasteiger partial charge is 0.395 e. The molecule has 0 aliphatic heterocycles. The summed E-state index contributed by atoms with van der Waals surface area (Å²) in [5.41, 5.74) is 0.542. The second-order valence-electron chi connectivity index (χ2n) is 7.10. The summed E-state index contributed by atoms with van der Waals surface area (Å²) in [6.45, 7) is 1.55. The molecule has 31 heavy (non-hydrogen) atoms. The van der Waals surface area contributed by atoms with E-state index in [1.54, 1.807) is 12.1 Å². The molecule has 1 atom stereocenters. The van der Waals surface area contributed by atoms with E-state index < -0.39 is 5.69 Å². The van der Waals surface area contributed by atoms with E-state index in [1.165, 1.54) is 15.9 Å². The van der Waals surface area contributed by atoms with Crippen LogP contribution in [-0.2, 0) is 17.9 Å². The van der Waals surface area contributed by atoms with E-state index in [1.807, 2.05) is 49.4 Å². The standard InChI is InChI=1S/C22H21ClN4O3S/c1-14(16-8-4-6-15-5-2-3-7-17(15)16)24-20(29)13-27-22(30)26(11-12-28)21(25-27)18-9-10-19(23)31-18/h2-10,14,28H,11-13H2,1H3,(H,24,29)/t14-/m0/s1. The first-order valence-corrected chi connectivity index (χ1v) is 11.0. The van der Waals surface area contributed by atoms with Crippen LogP contribution in [0.1, 0.15) is 18.5 Å². The van der Waals surface area contributed by atoms with Gasteiger partial charge in [0.05, 0.1) is 28.4 Å². The molecule has 2 N–H and O–H groups in total. The van der Waals surface area contributed by atoms with Crippen LogP contribution >= 0.6 is 22.9 Å². The van der Waals surface area contributed by atoms with E-state index >= 15 is 0 Å². The van der Waals surface area contributed by atoms with E-state index in [4.69, 9.17) is 11.6 Å². The SMILES string of the molecule is C[C@H](NC(=O)Cn1nc(-c2ccc(Cl)s2)n(CCO)c1=O)c1cccc2ccccc12. The van der Waals surface area contributed by atoms with Gasteiger partial charge in [-0.2, -0.15) is 0 Å². The molecule has 4 aromatic rings. The second kappa shape index (κ2) is 9.05. The summed E-state index contributed by atoms with van der Waals surface area (Å²) in [6.07, 6.45) is 0. The summed E-state index contributed by atoms with van der Waals surface area (Å²) in [5.74, 6) is 0.0535. The second-order valence-corrected chi connectivity index (χ2v) is 8.82. The van der Waals surface area contributed by atoms with Crippen LogP contribution in [0.2, 0.25) is 4.34 Å². The van der Waals surface area contributed by atoms with Crippen molar-refractivity contribution in [2.75, 3.05) is 6.61 Å². The molecule has 0 aliphatic carbocycles. The zero-order chi connectivity index (χ0) is 22.0. The zero-order valence-electron chi connectivity index (χ0n) is 16.8. The Morgan fingerprint density at radius 3 is 2.71 bits per heavy atom. The van der Waals surface area contributed by atoms with Gasteiger partial charge in [-0.1, -0.05) is 54.1 Å². The van der Waals surface area contributed by atoms with Crippen LogP contribution in [0.25, 0.3) is 21.5 Å². The number of nitrogens with zero attached hydrogens (tertiary/aromatic N) is 3. The lowest BCUT2D eigenvalue weighted by molar-refractivity contribution is -0.122. The Kier molecular flexibility index (Phi) is 6.22. The van der Waals surface area contributed by atoms with Crippen LogP contribution in [0.15, 0.2) is 59.4 Å². The molecule has 0 saturated carbocycles. The van der Waals surface area contributed by atoms with Crippen molar-refractivity contribution in [2.24, 2.45) is 0 Å². The van der Waals surface area contributed by atoms with E-state index in [-0.39, 0.29) is 31.6 Å². The molecule has 2 heterocycles. The molecular weight excluding hydrogens is 436 g/mol. The van der Waals surface area contributed by atoms with Crippen molar-refractivity contribution in [3.63, 3.8) is 0 Å². The Bertz CT molecular complexity index is 1290. The Morgan fingerprint density at radius 1 is 1.19 bits per heavy atom. The lowest BCUT2D eigenvalue weighted by atomic mass is 10.00. The molecule has 2 aromatic carbocycles. The van der Waals surface area contributed by atoms with Crippen LogP contribution in [0.3, 0.4) is 0 Å². The average molecular weight is 457 g/mol. The van der Waals surface area contributed by atoms with Crippen molar-refractivity contribution < 1.29 is 9.90 Å². The van der Waals surface area contributed by atoms with Crippen LogP contribution in [0, 0.1) is 0 Å². The van der Waals surface area contributed by atoms with Gasteiger partial charge in [-0.15, -0.1) is 16.4 Å². The Hall–Kier alpha value is -2.94. The van der Waals surface area contributed by atoms with Crippen molar-refractivity contribution in [1.29, 1.82) is 0 Å². The van der Waals surface area contributed by atoms with Gasteiger partial charge in [-0.25, -0.2) is 9.48 Å². The minimum atomic E-state index is -0.457. The van der Waals surface area contributed by atoms with Crippen molar-refractivity contribution in [3.8, 4) is 10.7 Å². The van der Waals surface area contributed by atoms with Gasteiger partial charge in [0.2, 0.25) is 5.91 Å². The molecule has 4 rings (SSSR count). The normalized spacial score (nSPS) is 12.2. The Labute approximate surface area is 187 Å². The maximum atomic E-state index is 12.8. The molecule has 160 valence electrons. The first-order chi connectivity index (χ1) is 15.0. The van der Waals surface area contributed by atoms with Gasteiger partial charge in [-0.05, 0) is 35.4 Å². The first-order valence-electron chi connectivity index (χ1n) is 9.79. The molecule has 0 spiro atoms. The fourth-order valence-corrected chi connectivity index (χ4v) is 4.63. The summed E-state index contributed by atoms with van der Waals surface area (Å²) in [4.78, 5) is 26.2. The van der Waals surface area contributed by atoms with Gasteiger partial charge in [-0.3, -0.25) is 9.36 Å². The Morgan fingerprint density at radius 2 is 1.97 bits per heavy atom. The number of rotatable bonds is 7. The van der Waals surface area contributed by atoms with Gasteiger partial charge < -0.3 is 10.4 Å². The maximum Gasteiger partial charge on any atom is 0.346 e. The predicted molar refractivity (Wildman–Crippen MR) is 122 cm³/mol. The van der Waals surface area contributed by atoms with Gasteiger partial charge in [0.25, 0.3) is 0 Å². The van der Waals surface area contributed by atoms with Crippen molar-refractivity contribution >= 4 is 39.6 Å². The molecular formula is C22H21ClN4O3S. The molecule has 0 bridgehead atoms. The fraction of sp³-hybridized carbons (Fsp3) is 0.227. The molecule has 0 unspecified atom stereocenters. The van der Waals surface area contributed by atoms with E-state index in [9.17, 15) is 14.7 Å². The number of nitrogens with one attached hydrogen (secondary N) is 1. The number of benzene rings is 2. The van der Waals surface area contributed by atoms with Crippen LogP contribution < -0.4 is 11.0 Å². The molecule has 0 radical (unpaired) electrons. The van der Waals surface area contributed by atoms with Gasteiger partial charge >= 0.3 is 5.69 Å². The summed E-state index contributed by atoms with van der Waals surface area (Å²) in [5, 5.41) is 18.8. The summed E-state index contributed by atoms with van der Waals surface area (Å²) in [7, 11) is 0. The number of halogens is 1. The van der Waals surface area contributed by atoms with Crippen molar-refractivity contribution in [3.05, 3.63) is 75.0 Å². The monoisotopic (exact) mass is 456 g/mol. The lowest BCUT2D eigenvalue weighted by Gasteiger charge is -2.16. The topological polar surface area (TPSA) is 89.2 Å². The number of fused-ring (bicyclic) bond motifs is 1. The highest BCUT2D eigenvalue weighted by molar-refractivity contribution is 7.19. The third kappa shape index (κ3) is 4.41. The predicted octanol–water partition coefficient (Wildman–Crippen LogP) is 3.45. The molecule has 7 nitrogen and oxygen atoms in total. The summed E-state index contributed by atoms with van der Waals surface area (Å²) in [6, 6.07) is 17.2. The number of hydrogen-bond acceptors (Lipinski definition) is 5. The van der Waals surface area contributed by atoms with E-state index in [0.717, 1.165) is 21.0 Å². The quantitative estimate of drug-likeness (QED) is 0.445. The third-order valence-corrected chi connectivity index (χ3v) is 6.23. The van der Waals surface area contributed by atoms with Crippen LogP contribution in [0.5, 0.6) is 0 Å². The van der Waals surface area contributed by atoms with Crippen LogP contribution in [-0.4, -0.2) is 32.0 Å². The molecule has 0 saturated heterocycles. The zero-order valence-corrected chi connectivity index (χ0v) is 18.4. The highest BCUT2D eigenvalue weighted by Gasteiger charge is 2.19. The number of aromatic nitrogens is 3. The van der Waals surface area contributed by atoms with E-state index in [2.05, 4.69) is 10.4 Å². The van der Waals surface area contributed by atoms with E-state index in [0.29, 0.717) is 15.0 Å². The first kappa shape index (κ1) is 21.3. The van der Waals surface area contributed by atoms with Crippen molar-refractivity contribution in [1.82, 2.24) is 19.7 Å². The van der Waals surface area contributed by atoms with Gasteiger partial charge in [0, 0.05) is 0 Å². The van der Waals surface area contributed by atoms with Gasteiger partial charge in [0.15, 0.2) is 5.82 Å². The lowest BCUT2D eigenvalue weighted by Crippen LogP contribution is -2.35. The van der Waals surface area contributed by atoms with Gasteiger partial charge in [0.1, 0.15) is 6.54 Å². The van der Waals surface area contributed by atoms with Crippen molar-refractivity contribution in [2.45, 2.75) is 26.1 Å². The minimum absolute atomic E-state index is 0.0811. The number of thiophene rings is 1. The molecule has 9 heteroatoms. The number of carbonyl (C=O) groups excluding carboxylic acids is 1. The number of carbonyl (C=O) groups is 1. The molecule has 0 aliphatic rings. The maximum absolute atomic E-state index is 12.8.